The molecule has 0 unspecified atom stereocenters. The maximum Gasteiger partial charge on any atom is 0.266 e. The molecule has 0 spiro atoms. The van der Waals surface area contributed by atoms with Crippen LogP contribution in [0.2, 0.25) is 5.02 Å². The van der Waals surface area contributed by atoms with Crippen LogP contribution in [0.1, 0.15) is 12.5 Å². The standard InChI is InChI=1S/C20H18ClNO3S2/c1-2-22-19(23)18(27-20(22)26)13-14-7-3-5-9-16(14)24-11-12-25-17-10-6-4-8-15(17)21/h3-10,13H,2,11-12H2,1H3/b18-13+. The van der Waals surface area contributed by atoms with E-state index in [0.29, 0.717) is 45.5 Å². The first-order valence-corrected chi connectivity index (χ1v) is 10.0. The van der Waals surface area contributed by atoms with Crippen LogP contribution in [-0.2, 0) is 4.79 Å². The van der Waals surface area contributed by atoms with Gasteiger partial charge in [0.2, 0.25) is 0 Å². The van der Waals surface area contributed by atoms with Gasteiger partial charge in [0, 0.05) is 12.1 Å². The van der Waals surface area contributed by atoms with Crippen LogP contribution < -0.4 is 9.47 Å². The lowest BCUT2D eigenvalue weighted by Gasteiger charge is -2.11. The first-order chi connectivity index (χ1) is 13.1. The summed E-state index contributed by atoms with van der Waals surface area (Å²) in [5.41, 5.74) is 0.826. The number of hydrogen-bond donors (Lipinski definition) is 0. The molecule has 1 fully saturated rings. The normalized spacial score (nSPS) is 15.5. The average molecular weight is 420 g/mol. The van der Waals surface area contributed by atoms with Gasteiger partial charge in [-0.3, -0.25) is 9.69 Å². The number of nitrogens with zero attached hydrogens (tertiary/aromatic N) is 1. The molecular formula is C20H18ClNO3S2. The van der Waals surface area contributed by atoms with Crippen molar-refractivity contribution in [3.05, 3.63) is 64.0 Å². The van der Waals surface area contributed by atoms with E-state index in [2.05, 4.69) is 0 Å². The van der Waals surface area contributed by atoms with E-state index < -0.39 is 0 Å². The second kappa shape index (κ2) is 9.26. The van der Waals surface area contributed by atoms with E-state index in [1.165, 1.54) is 11.8 Å². The highest BCUT2D eigenvalue weighted by atomic mass is 35.5. The van der Waals surface area contributed by atoms with Gasteiger partial charge in [-0.2, -0.15) is 0 Å². The summed E-state index contributed by atoms with van der Waals surface area (Å²) >= 11 is 12.6. The summed E-state index contributed by atoms with van der Waals surface area (Å²) in [6, 6.07) is 14.9. The predicted molar refractivity (Wildman–Crippen MR) is 114 cm³/mol. The molecule has 1 saturated heterocycles. The summed E-state index contributed by atoms with van der Waals surface area (Å²) in [7, 11) is 0. The molecule has 7 heteroatoms. The van der Waals surface area contributed by atoms with Crippen LogP contribution in [0.15, 0.2) is 53.4 Å². The molecule has 0 aromatic heterocycles. The van der Waals surface area contributed by atoms with Gasteiger partial charge in [0.25, 0.3) is 5.91 Å². The Kier molecular flexibility index (Phi) is 6.77. The average Bonchev–Trinajstić information content (AvgIpc) is 2.94. The van der Waals surface area contributed by atoms with Crippen LogP contribution in [0.4, 0.5) is 0 Å². The van der Waals surface area contributed by atoms with Crippen molar-refractivity contribution in [3.8, 4) is 11.5 Å². The lowest BCUT2D eigenvalue weighted by atomic mass is 10.2. The molecule has 0 bridgehead atoms. The Balaban J connectivity index is 1.64. The van der Waals surface area contributed by atoms with Gasteiger partial charge in [-0.25, -0.2) is 0 Å². The summed E-state index contributed by atoms with van der Waals surface area (Å²) in [5, 5.41) is 0.566. The molecule has 0 saturated carbocycles. The number of thiocarbonyl (C=S) groups is 1. The molecule has 0 N–H and O–H groups in total. The second-order valence-electron chi connectivity index (χ2n) is 5.59. The minimum Gasteiger partial charge on any atom is -0.489 e. The smallest absolute Gasteiger partial charge is 0.266 e. The maximum atomic E-state index is 12.4. The van der Waals surface area contributed by atoms with Gasteiger partial charge in [-0.05, 0) is 31.2 Å². The minimum atomic E-state index is -0.0654. The number of amides is 1. The first kappa shape index (κ1) is 19.7. The van der Waals surface area contributed by atoms with Crippen molar-refractivity contribution in [2.45, 2.75) is 6.92 Å². The van der Waals surface area contributed by atoms with E-state index in [-0.39, 0.29) is 5.91 Å². The third-order valence-corrected chi connectivity index (χ3v) is 5.52. The Morgan fingerprint density at radius 3 is 2.37 bits per heavy atom. The number of hydrogen-bond acceptors (Lipinski definition) is 5. The number of likely N-dealkylation sites (N-methyl/N-ethyl adjacent to an activating group) is 1. The van der Waals surface area contributed by atoms with Crippen LogP contribution in [0.5, 0.6) is 11.5 Å². The molecule has 1 aliphatic rings. The van der Waals surface area contributed by atoms with Crippen LogP contribution in [0.25, 0.3) is 6.08 Å². The zero-order valence-corrected chi connectivity index (χ0v) is 17.1. The quantitative estimate of drug-likeness (QED) is 0.358. The number of ether oxygens (including phenoxy) is 2. The zero-order chi connectivity index (χ0) is 19.2. The van der Waals surface area contributed by atoms with E-state index in [9.17, 15) is 4.79 Å². The molecule has 1 amide bonds. The molecule has 1 heterocycles. The molecule has 1 aliphatic heterocycles. The molecule has 0 aliphatic carbocycles. The summed E-state index contributed by atoms with van der Waals surface area (Å²) in [4.78, 5) is 14.6. The molecular weight excluding hydrogens is 402 g/mol. The van der Waals surface area contributed by atoms with Gasteiger partial charge in [0.1, 0.15) is 29.0 Å². The van der Waals surface area contributed by atoms with E-state index in [0.717, 1.165) is 5.56 Å². The number of para-hydroxylation sites is 2. The Hall–Kier alpha value is -2.02. The highest BCUT2D eigenvalue weighted by Gasteiger charge is 2.30. The number of thioether (sulfide) groups is 1. The molecule has 4 nitrogen and oxygen atoms in total. The van der Waals surface area contributed by atoms with Crippen LogP contribution in [-0.4, -0.2) is 34.9 Å². The first-order valence-electron chi connectivity index (χ1n) is 8.44. The highest BCUT2D eigenvalue weighted by Crippen LogP contribution is 2.34. The Morgan fingerprint density at radius 2 is 1.70 bits per heavy atom. The number of carbonyl (C=O) groups is 1. The Morgan fingerprint density at radius 1 is 1.07 bits per heavy atom. The monoisotopic (exact) mass is 419 g/mol. The number of benzene rings is 2. The van der Waals surface area contributed by atoms with Crippen molar-refractivity contribution >= 4 is 51.9 Å². The van der Waals surface area contributed by atoms with E-state index in [4.69, 9.17) is 33.3 Å². The minimum absolute atomic E-state index is 0.0654. The predicted octanol–water partition coefficient (Wildman–Crippen LogP) is 5.02. The lowest BCUT2D eigenvalue weighted by molar-refractivity contribution is -0.121. The summed E-state index contributed by atoms with van der Waals surface area (Å²) in [5.74, 6) is 1.24. The van der Waals surface area contributed by atoms with Crippen molar-refractivity contribution in [2.24, 2.45) is 0 Å². The second-order valence-corrected chi connectivity index (χ2v) is 7.67. The molecule has 3 rings (SSSR count). The van der Waals surface area contributed by atoms with Gasteiger partial charge in [-0.1, -0.05) is 65.9 Å². The van der Waals surface area contributed by atoms with Crippen molar-refractivity contribution in [1.29, 1.82) is 0 Å². The third-order valence-electron chi connectivity index (χ3n) is 3.83. The molecule has 0 atom stereocenters. The molecule has 140 valence electrons. The Labute approximate surface area is 173 Å². The zero-order valence-electron chi connectivity index (χ0n) is 14.7. The fraction of sp³-hybridized carbons (Fsp3) is 0.200. The van der Waals surface area contributed by atoms with E-state index >= 15 is 0 Å². The fourth-order valence-electron chi connectivity index (χ4n) is 2.51. The molecule has 0 radical (unpaired) electrons. The van der Waals surface area contributed by atoms with Crippen molar-refractivity contribution < 1.29 is 14.3 Å². The number of rotatable bonds is 7. The van der Waals surface area contributed by atoms with Gasteiger partial charge in [-0.15, -0.1) is 0 Å². The Bertz CT molecular complexity index is 885. The summed E-state index contributed by atoms with van der Waals surface area (Å²) < 4.78 is 12.1. The largest absolute Gasteiger partial charge is 0.489 e. The van der Waals surface area contributed by atoms with Crippen LogP contribution in [0, 0.1) is 0 Å². The van der Waals surface area contributed by atoms with Crippen molar-refractivity contribution in [2.75, 3.05) is 19.8 Å². The maximum absolute atomic E-state index is 12.4. The fourth-order valence-corrected chi connectivity index (χ4v) is 4.08. The third kappa shape index (κ3) is 4.83. The number of carbonyl (C=O) groups excluding carboxylic acids is 1. The van der Waals surface area contributed by atoms with Crippen molar-refractivity contribution in [3.63, 3.8) is 0 Å². The van der Waals surface area contributed by atoms with E-state index in [1.807, 2.05) is 55.5 Å². The molecule has 2 aromatic carbocycles. The van der Waals surface area contributed by atoms with Gasteiger partial charge < -0.3 is 9.47 Å². The van der Waals surface area contributed by atoms with Crippen LogP contribution in [0.3, 0.4) is 0 Å². The van der Waals surface area contributed by atoms with Gasteiger partial charge in [0.15, 0.2) is 0 Å². The number of halogens is 1. The lowest BCUT2D eigenvalue weighted by Crippen LogP contribution is -2.27. The summed E-state index contributed by atoms with van der Waals surface area (Å²) in [6.45, 7) is 3.19. The van der Waals surface area contributed by atoms with Crippen molar-refractivity contribution in [1.82, 2.24) is 4.90 Å². The van der Waals surface area contributed by atoms with Gasteiger partial charge in [0.05, 0.1) is 9.93 Å². The SMILES string of the molecule is CCN1C(=O)/C(=C\c2ccccc2OCCOc2ccccc2Cl)SC1=S. The van der Waals surface area contributed by atoms with Gasteiger partial charge >= 0.3 is 0 Å². The summed E-state index contributed by atoms with van der Waals surface area (Å²) in [6.07, 6.45) is 1.82. The molecule has 2 aromatic rings. The topological polar surface area (TPSA) is 38.8 Å². The van der Waals surface area contributed by atoms with Crippen LogP contribution >= 0.6 is 35.6 Å². The highest BCUT2D eigenvalue weighted by molar-refractivity contribution is 8.26. The van der Waals surface area contributed by atoms with E-state index in [1.54, 1.807) is 11.0 Å². The molecule has 27 heavy (non-hydrogen) atoms.